The molecule has 0 aliphatic heterocycles. The fraction of sp³-hybridized carbons (Fsp3) is 0.100. The highest BCUT2D eigenvalue weighted by Gasteiger charge is 2.20. The molecule has 1 amide bonds. The van der Waals surface area contributed by atoms with E-state index in [9.17, 15) is 9.59 Å². The molecule has 3 aromatic carbocycles. The molecule has 0 saturated heterocycles. The Hall–Kier alpha value is -2.56. The van der Waals surface area contributed by atoms with Crippen LogP contribution in [0.4, 0.5) is 5.69 Å². The molecule has 0 aliphatic rings. The van der Waals surface area contributed by atoms with Crippen molar-refractivity contribution >= 4 is 51.5 Å². The standard InChI is InChI=1S/C20H15Cl2NO3/c1-12(19(24)23-16-10-14(21)9-15(22)11-16)26-20(25)18-8-4-6-13-5-2-3-7-17(13)18/h2-12H,1H3,(H,23,24)/t12-/m0/s1. The number of hydrogen-bond donors (Lipinski definition) is 1. The van der Waals surface area contributed by atoms with Crippen molar-refractivity contribution < 1.29 is 14.3 Å². The summed E-state index contributed by atoms with van der Waals surface area (Å²) in [5, 5.41) is 5.12. The fourth-order valence-corrected chi connectivity index (χ4v) is 3.08. The summed E-state index contributed by atoms with van der Waals surface area (Å²) in [7, 11) is 0. The van der Waals surface area contributed by atoms with E-state index in [4.69, 9.17) is 27.9 Å². The van der Waals surface area contributed by atoms with Crippen LogP contribution >= 0.6 is 23.2 Å². The number of carbonyl (C=O) groups excluding carboxylic acids is 2. The SMILES string of the molecule is C[C@H](OC(=O)c1cccc2ccccc12)C(=O)Nc1cc(Cl)cc(Cl)c1. The minimum Gasteiger partial charge on any atom is -0.449 e. The van der Waals surface area contributed by atoms with Crippen LogP contribution in [0.5, 0.6) is 0 Å². The van der Waals surface area contributed by atoms with Crippen LogP contribution < -0.4 is 5.32 Å². The van der Waals surface area contributed by atoms with Crippen LogP contribution in [-0.4, -0.2) is 18.0 Å². The average Bonchev–Trinajstić information content (AvgIpc) is 2.60. The summed E-state index contributed by atoms with van der Waals surface area (Å²) in [6.07, 6.45) is -0.987. The Morgan fingerprint density at radius 3 is 2.35 bits per heavy atom. The molecule has 0 saturated carbocycles. The minimum atomic E-state index is -0.987. The van der Waals surface area contributed by atoms with Crippen molar-refractivity contribution in [3.8, 4) is 0 Å². The first-order valence-corrected chi connectivity index (χ1v) is 8.65. The van der Waals surface area contributed by atoms with Gasteiger partial charge < -0.3 is 10.1 Å². The van der Waals surface area contributed by atoms with E-state index in [0.717, 1.165) is 10.8 Å². The Morgan fingerprint density at radius 2 is 1.62 bits per heavy atom. The first kappa shape index (κ1) is 18.2. The molecule has 6 heteroatoms. The number of ether oxygens (including phenoxy) is 1. The van der Waals surface area contributed by atoms with E-state index in [1.165, 1.54) is 6.92 Å². The molecule has 4 nitrogen and oxygen atoms in total. The monoisotopic (exact) mass is 387 g/mol. The second-order valence-corrected chi connectivity index (χ2v) is 6.59. The van der Waals surface area contributed by atoms with Gasteiger partial charge in [0, 0.05) is 15.7 Å². The normalized spacial score (nSPS) is 11.8. The van der Waals surface area contributed by atoms with Crippen molar-refractivity contribution in [3.63, 3.8) is 0 Å². The van der Waals surface area contributed by atoms with Gasteiger partial charge in [0.2, 0.25) is 0 Å². The van der Waals surface area contributed by atoms with E-state index < -0.39 is 18.0 Å². The number of benzene rings is 3. The van der Waals surface area contributed by atoms with E-state index in [2.05, 4.69) is 5.32 Å². The van der Waals surface area contributed by atoms with Crippen LogP contribution in [0.15, 0.2) is 60.7 Å². The van der Waals surface area contributed by atoms with Crippen molar-refractivity contribution in [1.29, 1.82) is 0 Å². The zero-order chi connectivity index (χ0) is 18.7. The van der Waals surface area contributed by atoms with Crippen molar-refractivity contribution in [2.75, 3.05) is 5.32 Å². The molecule has 0 fully saturated rings. The molecule has 0 unspecified atom stereocenters. The van der Waals surface area contributed by atoms with Crippen LogP contribution in [0.25, 0.3) is 10.8 Å². The molecule has 0 heterocycles. The number of anilines is 1. The molecule has 3 aromatic rings. The summed E-state index contributed by atoms with van der Waals surface area (Å²) in [5.41, 5.74) is 0.842. The lowest BCUT2D eigenvalue weighted by Crippen LogP contribution is -2.30. The Bertz CT molecular complexity index is 962. The number of rotatable bonds is 4. The van der Waals surface area contributed by atoms with Gasteiger partial charge in [0.1, 0.15) is 0 Å². The van der Waals surface area contributed by atoms with Gasteiger partial charge in [-0.3, -0.25) is 4.79 Å². The van der Waals surface area contributed by atoms with Crippen molar-refractivity contribution in [2.24, 2.45) is 0 Å². The van der Waals surface area contributed by atoms with Gasteiger partial charge in [-0.15, -0.1) is 0 Å². The number of carbonyl (C=O) groups is 2. The van der Waals surface area contributed by atoms with Crippen LogP contribution in [0.1, 0.15) is 17.3 Å². The van der Waals surface area contributed by atoms with E-state index in [-0.39, 0.29) is 0 Å². The van der Waals surface area contributed by atoms with Gasteiger partial charge >= 0.3 is 5.97 Å². The van der Waals surface area contributed by atoms with E-state index in [1.807, 2.05) is 30.3 Å². The highest BCUT2D eigenvalue weighted by molar-refractivity contribution is 6.35. The molecule has 1 N–H and O–H groups in total. The first-order valence-electron chi connectivity index (χ1n) is 7.90. The van der Waals surface area contributed by atoms with Crippen LogP contribution in [0.3, 0.4) is 0 Å². The summed E-state index contributed by atoms with van der Waals surface area (Å²) >= 11 is 11.8. The topological polar surface area (TPSA) is 55.4 Å². The summed E-state index contributed by atoms with van der Waals surface area (Å²) < 4.78 is 5.32. The number of halogens is 2. The molecule has 0 aliphatic carbocycles. The number of amides is 1. The maximum atomic E-state index is 12.5. The lowest BCUT2D eigenvalue weighted by atomic mass is 10.0. The highest BCUT2D eigenvalue weighted by Crippen LogP contribution is 2.23. The summed E-state index contributed by atoms with van der Waals surface area (Å²) in [6, 6.07) is 17.5. The molecule has 0 aromatic heterocycles. The largest absolute Gasteiger partial charge is 0.449 e. The van der Waals surface area contributed by atoms with Crippen molar-refractivity contribution in [3.05, 3.63) is 76.3 Å². The summed E-state index contributed by atoms with van der Waals surface area (Å²) in [6.45, 7) is 1.50. The maximum absolute atomic E-state index is 12.5. The summed E-state index contributed by atoms with van der Waals surface area (Å²) in [5.74, 6) is -1.04. The molecular weight excluding hydrogens is 373 g/mol. The Labute approximate surface area is 160 Å². The first-order chi connectivity index (χ1) is 12.4. The van der Waals surface area contributed by atoms with Gasteiger partial charge in [0.15, 0.2) is 6.10 Å². The van der Waals surface area contributed by atoms with E-state index >= 15 is 0 Å². The zero-order valence-electron chi connectivity index (χ0n) is 13.8. The molecule has 1 atom stereocenters. The lowest BCUT2D eigenvalue weighted by Gasteiger charge is -2.14. The van der Waals surface area contributed by atoms with Crippen LogP contribution in [0, 0.1) is 0 Å². The number of esters is 1. The third-order valence-corrected chi connectivity index (χ3v) is 4.23. The van der Waals surface area contributed by atoms with Gasteiger partial charge in [-0.1, -0.05) is 59.6 Å². The van der Waals surface area contributed by atoms with Gasteiger partial charge in [-0.25, -0.2) is 4.79 Å². The van der Waals surface area contributed by atoms with Gasteiger partial charge in [0.05, 0.1) is 5.56 Å². The highest BCUT2D eigenvalue weighted by atomic mass is 35.5. The van der Waals surface area contributed by atoms with Crippen molar-refractivity contribution in [1.82, 2.24) is 0 Å². The van der Waals surface area contributed by atoms with E-state index in [0.29, 0.717) is 21.3 Å². The second kappa shape index (κ2) is 7.77. The van der Waals surface area contributed by atoms with Gasteiger partial charge in [-0.2, -0.15) is 0 Å². The van der Waals surface area contributed by atoms with Gasteiger partial charge in [-0.05, 0) is 42.0 Å². The maximum Gasteiger partial charge on any atom is 0.339 e. The average molecular weight is 388 g/mol. The molecule has 0 spiro atoms. The molecule has 3 rings (SSSR count). The third kappa shape index (κ3) is 4.15. The minimum absolute atomic E-state index is 0.396. The predicted molar refractivity (Wildman–Crippen MR) is 104 cm³/mol. The molecule has 0 radical (unpaired) electrons. The zero-order valence-corrected chi connectivity index (χ0v) is 15.3. The molecule has 132 valence electrons. The molecular formula is C20H15Cl2NO3. The Balaban J connectivity index is 1.73. The second-order valence-electron chi connectivity index (χ2n) is 5.72. The fourth-order valence-electron chi connectivity index (χ4n) is 2.55. The number of nitrogens with one attached hydrogen (secondary N) is 1. The number of hydrogen-bond acceptors (Lipinski definition) is 3. The van der Waals surface area contributed by atoms with Crippen molar-refractivity contribution in [2.45, 2.75) is 13.0 Å². The lowest BCUT2D eigenvalue weighted by molar-refractivity contribution is -0.123. The molecule has 26 heavy (non-hydrogen) atoms. The van der Waals surface area contributed by atoms with E-state index in [1.54, 1.807) is 30.3 Å². The smallest absolute Gasteiger partial charge is 0.339 e. The third-order valence-electron chi connectivity index (χ3n) is 3.79. The van der Waals surface area contributed by atoms with Gasteiger partial charge in [0.25, 0.3) is 5.91 Å². The predicted octanol–water partition coefficient (Wildman–Crippen LogP) is 5.33. The van der Waals surface area contributed by atoms with Crippen LogP contribution in [-0.2, 0) is 9.53 Å². The molecule has 0 bridgehead atoms. The quantitative estimate of drug-likeness (QED) is 0.615. The Kier molecular flexibility index (Phi) is 5.45. The number of fused-ring (bicyclic) bond motifs is 1. The summed E-state index contributed by atoms with van der Waals surface area (Å²) in [4.78, 5) is 24.8. The van der Waals surface area contributed by atoms with Crippen LogP contribution in [0.2, 0.25) is 10.0 Å². The Morgan fingerprint density at radius 1 is 0.962 bits per heavy atom.